The summed E-state index contributed by atoms with van der Waals surface area (Å²) in [7, 11) is 2.01. The lowest BCUT2D eigenvalue weighted by atomic mass is 9.94. The molecule has 4 rings (SSSR count). The second-order valence-electron chi connectivity index (χ2n) is 8.30. The zero-order chi connectivity index (χ0) is 19.5. The van der Waals surface area contributed by atoms with Gasteiger partial charge in [-0.3, -0.25) is 14.6 Å². The van der Waals surface area contributed by atoms with Crippen LogP contribution in [0.4, 0.5) is 0 Å². The summed E-state index contributed by atoms with van der Waals surface area (Å²) in [5.41, 5.74) is 1.10. The maximum Gasteiger partial charge on any atom is 0.239 e. The Balaban J connectivity index is 1.28. The summed E-state index contributed by atoms with van der Waals surface area (Å²) >= 11 is 1.80. The molecule has 5 nitrogen and oxygen atoms in total. The van der Waals surface area contributed by atoms with E-state index >= 15 is 0 Å². The molecule has 0 N–H and O–H groups in total. The number of para-hydroxylation sites is 1. The molecule has 28 heavy (non-hydrogen) atoms. The molecule has 1 aliphatic carbocycles. The Morgan fingerprint density at radius 3 is 2.61 bits per heavy atom. The highest BCUT2D eigenvalue weighted by atomic mass is 32.1. The minimum absolute atomic E-state index is 0.0171. The second-order valence-corrected chi connectivity index (χ2v) is 9.42. The summed E-state index contributed by atoms with van der Waals surface area (Å²) in [5.74, 6) is 0.298. The number of carbonyl (C=O) groups excluding carboxylic acids is 1. The molecule has 1 atom stereocenters. The van der Waals surface area contributed by atoms with Gasteiger partial charge in [0.2, 0.25) is 5.91 Å². The van der Waals surface area contributed by atoms with Gasteiger partial charge in [-0.25, -0.2) is 4.98 Å². The van der Waals surface area contributed by atoms with Gasteiger partial charge in [-0.15, -0.1) is 11.3 Å². The molecular weight excluding hydrogens is 368 g/mol. The molecule has 1 saturated heterocycles. The Hall–Kier alpha value is -1.50. The molecule has 1 aromatic carbocycles. The summed E-state index contributed by atoms with van der Waals surface area (Å²) in [6.07, 6.45) is 6.20. The third kappa shape index (κ3) is 4.39. The highest BCUT2D eigenvalue weighted by Gasteiger charge is 2.30. The molecule has 0 bridgehead atoms. The van der Waals surface area contributed by atoms with E-state index in [1.807, 2.05) is 18.0 Å². The third-order valence-corrected chi connectivity index (χ3v) is 7.50. The fraction of sp³-hybridized carbons (Fsp3) is 0.636. The molecule has 1 amide bonds. The molecule has 2 aromatic rings. The number of thiazole rings is 1. The summed E-state index contributed by atoms with van der Waals surface area (Å²) < 4.78 is 1.26. The SMILES string of the molecule is C[C@@H](C(=O)N(C)C1CCCCC1)N1CCN(Cc2nc3ccccc3s2)CC1. The van der Waals surface area contributed by atoms with Crippen LogP contribution in [-0.2, 0) is 11.3 Å². The first-order valence-corrected chi connectivity index (χ1v) is 11.5. The fourth-order valence-corrected chi connectivity index (χ4v) is 5.60. The largest absolute Gasteiger partial charge is 0.341 e. The number of amides is 1. The number of aromatic nitrogens is 1. The number of rotatable bonds is 5. The monoisotopic (exact) mass is 400 g/mol. The molecule has 2 heterocycles. The van der Waals surface area contributed by atoms with Crippen molar-refractivity contribution in [1.29, 1.82) is 0 Å². The van der Waals surface area contributed by atoms with Gasteiger partial charge in [0.15, 0.2) is 0 Å². The minimum Gasteiger partial charge on any atom is -0.341 e. The smallest absolute Gasteiger partial charge is 0.239 e. The van der Waals surface area contributed by atoms with Crippen LogP contribution < -0.4 is 0 Å². The maximum absolute atomic E-state index is 13.0. The van der Waals surface area contributed by atoms with Crippen molar-refractivity contribution in [2.75, 3.05) is 33.2 Å². The quantitative estimate of drug-likeness (QED) is 0.769. The second kappa shape index (κ2) is 8.89. The molecule has 0 radical (unpaired) electrons. The van der Waals surface area contributed by atoms with Gasteiger partial charge in [0.1, 0.15) is 5.01 Å². The van der Waals surface area contributed by atoms with Crippen molar-refractivity contribution >= 4 is 27.5 Å². The molecule has 1 aliphatic heterocycles. The van der Waals surface area contributed by atoms with E-state index in [0.717, 1.165) is 38.2 Å². The molecule has 152 valence electrons. The Bertz CT molecular complexity index is 760. The van der Waals surface area contributed by atoms with E-state index in [9.17, 15) is 4.79 Å². The number of piperazine rings is 1. The first kappa shape index (κ1) is 19.8. The summed E-state index contributed by atoms with van der Waals surface area (Å²) in [6, 6.07) is 8.79. The molecule has 6 heteroatoms. The van der Waals surface area contributed by atoms with Crippen LogP contribution in [0.3, 0.4) is 0 Å². The van der Waals surface area contributed by atoms with Crippen molar-refractivity contribution < 1.29 is 4.79 Å². The van der Waals surface area contributed by atoms with Crippen LogP contribution in [0, 0.1) is 0 Å². The van der Waals surface area contributed by atoms with Crippen LogP contribution in [-0.4, -0.2) is 70.9 Å². The van der Waals surface area contributed by atoms with E-state index in [0.29, 0.717) is 11.9 Å². The van der Waals surface area contributed by atoms with Crippen LogP contribution in [0.25, 0.3) is 10.2 Å². The van der Waals surface area contributed by atoms with Crippen LogP contribution in [0.2, 0.25) is 0 Å². The van der Waals surface area contributed by atoms with Gasteiger partial charge >= 0.3 is 0 Å². The van der Waals surface area contributed by atoms with Gasteiger partial charge in [-0.05, 0) is 31.9 Å². The molecule has 0 unspecified atom stereocenters. The number of nitrogens with zero attached hydrogens (tertiary/aromatic N) is 4. The number of hydrogen-bond donors (Lipinski definition) is 0. The van der Waals surface area contributed by atoms with Crippen LogP contribution in [0.15, 0.2) is 24.3 Å². The van der Waals surface area contributed by atoms with Crippen molar-refractivity contribution in [2.45, 2.75) is 57.7 Å². The molecule has 2 fully saturated rings. The van der Waals surface area contributed by atoms with Gasteiger partial charge in [0.05, 0.1) is 22.8 Å². The summed E-state index contributed by atoms with van der Waals surface area (Å²) in [4.78, 5) is 24.6. The van der Waals surface area contributed by atoms with Gasteiger partial charge < -0.3 is 4.90 Å². The van der Waals surface area contributed by atoms with Crippen molar-refractivity contribution in [1.82, 2.24) is 19.7 Å². The van der Waals surface area contributed by atoms with Crippen molar-refractivity contribution in [2.24, 2.45) is 0 Å². The Labute approximate surface area is 172 Å². The van der Waals surface area contributed by atoms with Crippen LogP contribution in [0.1, 0.15) is 44.0 Å². The van der Waals surface area contributed by atoms with Crippen LogP contribution >= 0.6 is 11.3 Å². The van der Waals surface area contributed by atoms with Crippen molar-refractivity contribution in [3.8, 4) is 0 Å². The van der Waals surface area contributed by atoms with E-state index < -0.39 is 0 Å². The molecule has 1 saturated carbocycles. The number of hydrogen-bond acceptors (Lipinski definition) is 5. The van der Waals surface area contributed by atoms with Gasteiger partial charge in [0.25, 0.3) is 0 Å². The van der Waals surface area contributed by atoms with Gasteiger partial charge in [0, 0.05) is 39.3 Å². The first-order chi connectivity index (χ1) is 13.6. The number of fused-ring (bicyclic) bond motifs is 1. The predicted octanol–water partition coefficient (Wildman–Crippen LogP) is 3.59. The average molecular weight is 401 g/mol. The van der Waals surface area contributed by atoms with E-state index in [1.54, 1.807) is 11.3 Å². The average Bonchev–Trinajstić information content (AvgIpc) is 3.15. The van der Waals surface area contributed by atoms with E-state index in [2.05, 4.69) is 34.9 Å². The Kier molecular flexibility index (Phi) is 6.28. The van der Waals surface area contributed by atoms with Crippen LogP contribution in [0.5, 0.6) is 0 Å². The highest BCUT2D eigenvalue weighted by molar-refractivity contribution is 7.18. The number of likely N-dealkylation sites (N-methyl/N-ethyl adjacent to an activating group) is 1. The van der Waals surface area contributed by atoms with E-state index in [-0.39, 0.29) is 6.04 Å². The number of benzene rings is 1. The predicted molar refractivity (Wildman–Crippen MR) is 116 cm³/mol. The molecule has 2 aliphatic rings. The van der Waals surface area contributed by atoms with Gasteiger partial charge in [-0.2, -0.15) is 0 Å². The fourth-order valence-electron chi connectivity index (χ4n) is 4.59. The summed E-state index contributed by atoms with van der Waals surface area (Å²) in [6.45, 7) is 6.91. The van der Waals surface area contributed by atoms with E-state index in [4.69, 9.17) is 4.98 Å². The molecular formula is C22H32N4OS. The molecule has 1 aromatic heterocycles. The lowest BCUT2D eigenvalue weighted by Crippen LogP contribution is -2.55. The normalized spacial score (nSPS) is 21.1. The summed E-state index contributed by atoms with van der Waals surface area (Å²) in [5, 5.41) is 1.19. The van der Waals surface area contributed by atoms with Gasteiger partial charge in [-0.1, -0.05) is 31.4 Å². The standard InChI is InChI=1S/C22H32N4OS/c1-17(22(27)24(2)18-8-4-3-5-9-18)26-14-12-25(13-15-26)16-21-23-19-10-6-7-11-20(19)28-21/h6-7,10-11,17-18H,3-5,8-9,12-16H2,1-2H3/t17-/m0/s1. The third-order valence-electron chi connectivity index (χ3n) is 6.48. The topological polar surface area (TPSA) is 39.7 Å². The Morgan fingerprint density at radius 1 is 1.18 bits per heavy atom. The first-order valence-electron chi connectivity index (χ1n) is 10.7. The van der Waals surface area contributed by atoms with Crippen molar-refractivity contribution in [3.63, 3.8) is 0 Å². The molecule has 0 spiro atoms. The van der Waals surface area contributed by atoms with Crippen molar-refractivity contribution in [3.05, 3.63) is 29.3 Å². The maximum atomic E-state index is 13.0. The van der Waals surface area contributed by atoms with E-state index in [1.165, 1.54) is 41.8 Å². The lowest BCUT2D eigenvalue weighted by Gasteiger charge is -2.40. The lowest BCUT2D eigenvalue weighted by molar-refractivity contribution is -0.138. The zero-order valence-electron chi connectivity index (χ0n) is 17.1. The Morgan fingerprint density at radius 2 is 1.89 bits per heavy atom. The highest BCUT2D eigenvalue weighted by Crippen LogP contribution is 2.24. The minimum atomic E-state index is -0.0171. The zero-order valence-corrected chi connectivity index (χ0v) is 18.0. The number of carbonyl (C=O) groups is 1.